The van der Waals surface area contributed by atoms with Crippen molar-refractivity contribution >= 4 is 30.7 Å². The third-order valence-electron chi connectivity index (χ3n) is 8.08. The van der Waals surface area contributed by atoms with Crippen molar-refractivity contribution in [1.29, 1.82) is 0 Å². The highest BCUT2D eigenvalue weighted by atomic mass is 28.4. The summed E-state index contributed by atoms with van der Waals surface area (Å²) in [5.74, 6) is -0.179. The van der Waals surface area contributed by atoms with Crippen LogP contribution in [-0.2, 0) is 14.0 Å². The Labute approximate surface area is 242 Å². The van der Waals surface area contributed by atoms with Gasteiger partial charge in [-0.15, -0.1) is 6.58 Å². The molecule has 0 aliphatic carbocycles. The molecular formula is C34H47NO4Si. The molecule has 0 saturated carbocycles. The van der Waals surface area contributed by atoms with Crippen LogP contribution in [0.25, 0.3) is 0 Å². The number of hydrogen-bond donors (Lipinski definition) is 0. The Kier molecular flexibility index (Phi) is 10.7. The Bertz CT molecular complexity index is 1120. The fourth-order valence-electron chi connectivity index (χ4n) is 5.65. The van der Waals surface area contributed by atoms with Gasteiger partial charge in [0.1, 0.15) is 6.61 Å². The number of amides is 2. The molecule has 1 heterocycles. The quantitative estimate of drug-likeness (QED) is 0.201. The van der Waals surface area contributed by atoms with Crippen molar-refractivity contribution < 1.29 is 18.8 Å². The second kappa shape index (κ2) is 13.6. The van der Waals surface area contributed by atoms with E-state index in [1.54, 1.807) is 0 Å². The first-order chi connectivity index (χ1) is 18.9. The monoisotopic (exact) mass is 561 g/mol. The van der Waals surface area contributed by atoms with Gasteiger partial charge in [-0.2, -0.15) is 0 Å². The van der Waals surface area contributed by atoms with Crippen molar-refractivity contribution in [2.75, 3.05) is 13.2 Å². The molecule has 3 atom stereocenters. The molecule has 2 aromatic carbocycles. The van der Waals surface area contributed by atoms with Gasteiger partial charge in [0.15, 0.2) is 0 Å². The second-order valence-corrected chi connectivity index (χ2v) is 16.8. The molecule has 6 heteroatoms. The Morgan fingerprint density at radius 1 is 1.05 bits per heavy atom. The number of benzene rings is 2. The van der Waals surface area contributed by atoms with E-state index < -0.39 is 14.4 Å². The maximum atomic E-state index is 13.8. The summed E-state index contributed by atoms with van der Waals surface area (Å²) >= 11 is 0. The molecule has 2 aromatic rings. The van der Waals surface area contributed by atoms with Crippen LogP contribution in [0.3, 0.4) is 0 Å². The number of carbonyl (C=O) groups is 2. The normalized spacial score (nSPS) is 17.4. The largest absolute Gasteiger partial charge is 0.447 e. The maximum absolute atomic E-state index is 13.8. The lowest BCUT2D eigenvalue weighted by Crippen LogP contribution is -2.66. The summed E-state index contributed by atoms with van der Waals surface area (Å²) < 4.78 is 12.4. The van der Waals surface area contributed by atoms with E-state index >= 15 is 0 Å². The molecule has 0 spiro atoms. The molecule has 3 rings (SSSR count). The van der Waals surface area contributed by atoms with Crippen molar-refractivity contribution in [3.63, 3.8) is 0 Å². The van der Waals surface area contributed by atoms with Crippen LogP contribution in [0.15, 0.2) is 85.5 Å². The summed E-state index contributed by atoms with van der Waals surface area (Å²) in [5, 5.41) is 2.25. The van der Waals surface area contributed by atoms with E-state index in [2.05, 4.69) is 89.4 Å². The summed E-state index contributed by atoms with van der Waals surface area (Å²) in [6, 6.07) is 20.8. The Balaban J connectivity index is 1.89. The molecule has 0 N–H and O–H groups in total. The smallest absolute Gasteiger partial charge is 0.416 e. The molecule has 0 aromatic heterocycles. The predicted molar refractivity (Wildman–Crippen MR) is 166 cm³/mol. The minimum atomic E-state index is -2.74. The molecule has 0 radical (unpaired) electrons. The summed E-state index contributed by atoms with van der Waals surface area (Å²) in [5.41, 5.74) is 0.853. The molecule has 2 amide bonds. The zero-order valence-corrected chi connectivity index (χ0v) is 26.2. The fourth-order valence-corrected chi connectivity index (χ4v) is 10.2. The lowest BCUT2D eigenvalue weighted by atomic mass is 9.90. The number of rotatable bonds is 13. The summed E-state index contributed by atoms with van der Waals surface area (Å²) in [7, 11) is -2.74. The first-order valence-electron chi connectivity index (χ1n) is 14.5. The molecule has 1 aliphatic rings. The van der Waals surface area contributed by atoms with E-state index in [-0.39, 0.29) is 41.3 Å². The highest BCUT2D eigenvalue weighted by molar-refractivity contribution is 6.99. The van der Waals surface area contributed by atoms with E-state index in [1.807, 2.05) is 32.1 Å². The average molecular weight is 562 g/mol. The highest BCUT2D eigenvalue weighted by Gasteiger charge is 2.50. The predicted octanol–water partition coefficient (Wildman–Crippen LogP) is 6.73. The first kappa shape index (κ1) is 31.6. The number of hydrogen-bond acceptors (Lipinski definition) is 4. The maximum Gasteiger partial charge on any atom is 0.416 e. The van der Waals surface area contributed by atoms with E-state index in [9.17, 15) is 9.59 Å². The van der Waals surface area contributed by atoms with Gasteiger partial charge in [0.25, 0.3) is 8.32 Å². The molecule has 1 saturated heterocycles. The number of allylic oxidation sites excluding steroid dienone is 1. The van der Waals surface area contributed by atoms with Gasteiger partial charge >= 0.3 is 6.09 Å². The Hall–Kier alpha value is -2.96. The third-order valence-corrected chi connectivity index (χ3v) is 13.1. The van der Waals surface area contributed by atoms with Gasteiger partial charge in [0.2, 0.25) is 5.91 Å². The molecule has 5 nitrogen and oxygen atoms in total. The van der Waals surface area contributed by atoms with Gasteiger partial charge in [-0.05, 0) is 46.5 Å². The number of cyclic esters (lactones) is 1. The van der Waals surface area contributed by atoms with Gasteiger partial charge in [-0.3, -0.25) is 4.79 Å². The second-order valence-electron chi connectivity index (χ2n) is 12.5. The molecule has 40 heavy (non-hydrogen) atoms. The van der Waals surface area contributed by atoms with E-state index in [4.69, 9.17) is 9.16 Å². The van der Waals surface area contributed by atoms with Crippen molar-refractivity contribution in [2.24, 2.45) is 17.8 Å². The zero-order valence-electron chi connectivity index (χ0n) is 25.2. The van der Waals surface area contributed by atoms with Crippen LogP contribution < -0.4 is 10.4 Å². The van der Waals surface area contributed by atoms with E-state index in [0.29, 0.717) is 19.4 Å². The van der Waals surface area contributed by atoms with Gasteiger partial charge in [-0.1, -0.05) is 120 Å². The number of nitrogens with zero attached hydrogens (tertiary/aromatic N) is 1. The van der Waals surface area contributed by atoms with Crippen LogP contribution in [0.2, 0.25) is 5.04 Å². The summed E-state index contributed by atoms with van der Waals surface area (Å²) in [4.78, 5) is 27.8. The molecule has 216 valence electrons. The van der Waals surface area contributed by atoms with Crippen LogP contribution in [-0.4, -0.2) is 44.5 Å². The fraction of sp³-hybridized carbons (Fsp3) is 0.471. The van der Waals surface area contributed by atoms with Gasteiger partial charge in [-0.25, -0.2) is 9.69 Å². The minimum absolute atomic E-state index is 0.116. The summed E-state index contributed by atoms with van der Waals surface area (Å²) in [6.45, 7) is 21.7. The number of imide groups is 1. The number of carbonyl (C=O) groups excluding carboxylic acids is 2. The van der Waals surface area contributed by atoms with E-state index in [1.165, 1.54) is 15.3 Å². The standard InChI is InChI=1S/C34H47NO4Si/c1-9-26(4)20-21-28(32(36)35-31(25(2)3)24-38-33(35)37)22-27(5)23-39-40(34(6,7)8,29-16-12-10-13-17-29)30-18-14-11-15-19-30/h9-19,25-26,28,31H,1,5,20-24H2,2-4,6-8H3/t26-,28+,31+/m0/s1. The van der Waals surface area contributed by atoms with Crippen molar-refractivity contribution in [3.05, 3.63) is 85.5 Å². The lowest BCUT2D eigenvalue weighted by molar-refractivity contribution is -0.134. The summed E-state index contributed by atoms with van der Waals surface area (Å²) in [6.07, 6.45) is 3.26. The van der Waals surface area contributed by atoms with Crippen LogP contribution in [0.1, 0.15) is 60.8 Å². The molecule has 0 unspecified atom stereocenters. The van der Waals surface area contributed by atoms with Crippen molar-refractivity contribution in [3.8, 4) is 0 Å². The molecule has 1 fully saturated rings. The van der Waals surface area contributed by atoms with Crippen LogP contribution in [0.4, 0.5) is 4.79 Å². The topological polar surface area (TPSA) is 55.8 Å². The van der Waals surface area contributed by atoms with Crippen LogP contribution in [0.5, 0.6) is 0 Å². The number of ether oxygens (including phenoxy) is 1. The van der Waals surface area contributed by atoms with E-state index in [0.717, 1.165) is 12.0 Å². The SMILES string of the molecule is C=C[C@H](C)CC[C@H](CC(=C)CO[Si](c1ccccc1)(c1ccccc1)C(C)(C)C)C(=O)N1C(=O)OC[C@@H]1C(C)C. The molecule has 1 aliphatic heterocycles. The zero-order chi connectivity index (χ0) is 29.5. The Morgan fingerprint density at radius 3 is 2.08 bits per heavy atom. The molecule has 0 bridgehead atoms. The Morgan fingerprint density at radius 2 is 1.60 bits per heavy atom. The van der Waals surface area contributed by atoms with Gasteiger partial charge in [0.05, 0.1) is 12.6 Å². The van der Waals surface area contributed by atoms with Crippen molar-refractivity contribution in [1.82, 2.24) is 4.90 Å². The van der Waals surface area contributed by atoms with Gasteiger partial charge < -0.3 is 9.16 Å². The first-order valence-corrected chi connectivity index (χ1v) is 16.4. The lowest BCUT2D eigenvalue weighted by Gasteiger charge is -2.43. The van der Waals surface area contributed by atoms with Crippen LogP contribution in [0, 0.1) is 17.8 Å². The molecular weight excluding hydrogens is 514 g/mol. The minimum Gasteiger partial charge on any atom is -0.447 e. The average Bonchev–Trinajstić information content (AvgIpc) is 3.32. The third kappa shape index (κ3) is 7.02. The van der Waals surface area contributed by atoms with Gasteiger partial charge in [0, 0.05) is 5.92 Å². The highest BCUT2D eigenvalue weighted by Crippen LogP contribution is 2.37. The van der Waals surface area contributed by atoms with Crippen LogP contribution >= 0.6 is 0 Å². The van der Waals surface area contributed by atoms with Crippen molar-refractivity contribution in [2.45, 2.75) is 71.9 Å².